The molecule has 0 aliphatic carbocycles. The van der Waals surface area contributed by atoms with Gasteiger partial charge in [0.05, 0.1) is 0 Å². The van der Waals surface area contributed by atoms with Crippen LogP contribution >= 0.6 is 0 Å². The second kappa shape index (κ2) is 8.44. The van der Waals surface area contributed by atoms with Crippen molar-refractivity contribution in [3.05, 3.63) is 65.2 Å². The van der Waals surface area contributed by atoms with Gasteiger partial charge in [-0.25, -0.2) is 0 Å². The normalized spacial score (nSPS) is 11.9. The third-order valence-corrected chi connectivity index (χ3v) is 3.82. The molecule has 5 nitrogen and oxygen atoms in total. The first kappa shape index (κ1) is 18.7. The summed E-state index contributed by atoms with van der Waals surface area (Å²) in [5.41, 5.74) is 9.10. The van der Waals surface area contributed by atoms with Crippen molar-refractivity contribution in [2.75, 3.05) is 5.32 Å². The van der Waals surface area contributed by atoms with Crippen LogP contribution < -0.4 is 16.4 Å². The highest BCUT2D eigenvalue weighted by Crippen LogP contribution is 2.19. The summed E-state index contributed by atoms with van der Waals surface area (Å²) >= 11 is 0. The number of benzene rings is 2. The van der Waals surface area contributed by atoms with Crippen LogP contribution in [0.15, 0.2) is 48.5 Å². The van der Waals surface area contributed by atoms with Crippen LogP contribution in [0.4, 0.5) is 5.69 Å². The lowest BCUT2D eigenvalue weighted by Gasteiger charge is -2.14. The molecule has 0 heterocycles. The van der Waals surface area contributed by atoms with E-state index in [1.807, 2.05) is 51.1 Å². The molecule has 25 heavy (non-hydrogen) atoms. The Bertz CT molecular complexity index is 742. The Morgan fingerprint density at radius 2 is 1.76 bits per heavy atom. The van der Waals surface area contributed by atoms with Gasteiger partial charge in [0.2, 0.25) is 5.91 Å². The Balaban J connectivity index is 2.00. The van der Waals surface area contributed by atoms with Crippen molar-refractivity contribution >= 4 is 17.5 Å². The van der Waals surface area contributed by atoms with Crippen LogP contribution in [0.25, 0.3) is 0 Å². The summed E-state index contributed by atoms with van der Waals surface area (Å²) in [6.07, 6.45) is 0.193. The average Bonchev–Trinajstić information content (AvgIpc) is 2.56. The smallest absolute Gasteiger partial charge is 0.251 e. The maximum Gasteiger partial charge on any atom is 0.251 e. The molecule has 0 radical (unpaired) electrons. The molecule has 2 rings (SSSR count). The number of carbonyl (C=O) groups excluding carboxylic acids is 2. The van der Waals surface area contributed by atoms with Crippen LogP contribution in [0.2, 0.25) is 0 Å². The predicted octanol–water partition coefficient (Wildman–Crippen LogP) is 3.16. The molecule has 132 valence electrons. The minimum atomic E-state index is -0.349. The molecule has 1 atom stereocenters. The number of anilines is 1. The lowest BCUT2D eigenvalue weighted by atomic mass is 10.0. The number of carbonyl (C=O) groups is 2. The van der Waals surface area contributed by atoms with Crippen molar-refractivity contribution in [2.45, 2.75) is 39.3 Å². The lowest BCUT2D eigenvalue weighted by molar-refractivity contribution is -0.116. The Kier molecular flexibility index (Phi) is 6.31. The van der Waals surface area contributed by atoms with Crippen LogP contribution in [-0.4, -0.2) is 17.9 Å². The van der Waals surface area contributed by atoms with E-state index >= 15 is 0 Å². The summed E-state index contributed by atoms with van der Waals surface area (Å²) in [7, 11) is 0. The maximum atomic E-state index is 12.2. The molecule has 0 bridgehead atoms. The summed E-state index contributed by atoms with van der Waals surface area (Å²) in [5, 5.41) is 5.72. The van der Waals surface area contributed by atoms with Crippen molar-refractivity contribution in [3.8, 4) is 0 Å². The SMILES string of the molecule is Cc1cc(C(=O)NC(C)C)ccc1NC(=O)CC(N)c1ccccc1. The fourth-order valence-corrected chi connectivity index (χ4v) is 2.51. The van der Waals surface area contributed by atoms with Gasteiger partial charge in [-0.05, 0) is 50.1 Å². The van der Waals surface area contributed by atoms with E-state index in [9.17, 15) is 9.59 Å². The molecule has 2 amide bonds. The fraction of sp³-hybridized carbons (Fsp3) is 0.300. The first-order chi connectivity index (χ1) is 11.9. The minimum Gasteiger partial charge on any atom is -0.350 e. The highest BCUT2D eigenvalue weighted by Gasteiger charge is 2.14. The van der Waals surface area contributed by atoms with Crippen molar-refractivity contribution in [3.63, 3.8) is 0 Å². The summed E-state index contributed by atoms with van der Waals surface area (Å²) in [6.45, 7) is 5.68. The lowest BCUT2D eigenvalue weighted by Crippen LogP contribution is -2.30. The second-order valence-electron chi connectivity index (χ2n) is 6.43. The van der Waals surface area contributed by atoms with Crippen molar-refractivity contribution < 1.29 is 9.59 Å². The molecule has 0 fully saturated rings. The van der Waals surface area contributed by atoms with Crippen LogP contribution in [0.1, 0.15) is 47.8 Å². The first-order valence-corrected chi connectivity index (χ1v) is 8.38. The molecule has 0 aliphatic heterocycles. The van der Waals surface area contributed by atoms with Gasteiger partial charge in [-0.15, -0.1) is 0 Å². The Hall–Kier alpha value is -2.66. The van der Waals surface area contributed by atoms with E-state index in [1.54, 1.807) is 18.2 Å². The van der Waals surface area contributed by atoms with Gasteiger partial charge in [0.1, 0.15) is 0 Å². The van der Waals surface area contributed by atoms with Gasteiger partial charge in [-0.3, -0.25) is 9.59 Å². The van der Waals surface area contributed by atoms with Crippen LogP contribution in [0.3, 0.4) is 0 Å². The van der Waals surface area contributed by atoms with E-state index in [4.69, 9.17) is 5.73 Å². The third-order valence-electron chi connectivity index (χ3n) is 3.82. The van der Waals surface area contributed by atoms with E-state index in [0.717, 1.165) is 11.1 Å². The van der Waals surface area contributed by atoms with Crippen molar-refractivity contribution in [1.29, 1.82) is 0 Å². The summed E-state index contributed by atoms with van der Waals surface area (Å²) in [4.78, 5) is 24.3. The number of rotatable bonds is 6. The standard InChI is InChI=1S/C20H25N3O2/c1-13(2)22-20(25)16-9-10-18(14(3)11-16)23-19(24)12-17(21)15-7-5-4-6-8-15/h4-11,13,17H,12,21H2,1-3H3,(H,22,25)(H,23,24). The summed E-state index contributed by atoms with van der Waals surface area (Å²) in [6, 6.07) is 14.5. The molecule has 2 aromatic carbocycles. The van der Waals surface area contributed by atoms with Gasteiger partial charge in [0.15, 0.2) is 0 Å². The molecule has 0 spiro atoms. The van der Waals surface area contributed by atoms with Crippen molar-refractivity contribution in [2.24, 2.45) is 5.73 Å². The van der Waals surface area contributed by atoms with Gasteiger partial charge >= 0.3 is 0 Å². The Labute approximate surface area is 148 Å². The number of nitrogens with two attached hydrogens (primary N) is 1. The Morgan fingerprint density at radius 1 is 1.08 bits per heavy atom. The van der Waals surface area contributed by atoms with Gasteiger partial charge in [-0.1, -0.05) is 30.3 Å². The second-order valence-corrected chi connectivity index (χ2v) is 6.43. The first-order valence-electron chi connectivity index (χ1n) is 8.38. The van der Waals surface area contributed by atoms with E-state index in [0.29, 0.717) is 11.3 Å². The zero-order valence-corrected chi connectivity index (χ0v) is 14.9. The Morgan fingerprint density at radius 3 is 2.36 bits per heavy atom. The monoisotopic (exact) mass is 339 g/mol. The van der Waals surface area contributed by atoms with E-state index < -0.39 is 0 Å². The number of hydrogen-bond donors (Lipinski definition) is 3. The van der Waals surface area contributed by atoms with Crippen molar-refractivity contribution in [1.82, 2.24) is 5.32 Å². The summed E-state index contributed by atoms with van der Waals surface area (Å²) in [5.74, 6) is -0.277. The molecule has 0 aliphatic rings. The minimum absolute atomic E-state index is 0.0756. The fourth-order valence-electron chi connectivity index (χ4n) is 2.51. The third kappa shape index (κ3) is 5.43. The molecule has 0 aromatic heterocycles. The molecule has 0 saturated heterocycles. The zero-order valence-electron chi connectivity index (χ0n) is 14.9. The van der Waals surface area contributed by atoms with Gasteiger partial charge in [0, 0.05) is 29.8 Å². The highest BCUT2D eigenvalue weighted by atomic mass is 16.2. The quantitative estimate of drug-likeness (QED) is 0.756. The molecule has 4 N–H and O–H groups in total. The van der Waals surface area contributed by atoms with E-state index in [2.05, 4.69) is 10.6 Å². The molecule has 1 unspecified atom stereocenters. The van der Waals surface area contributed by atoms with Gasteiger partial charge in [0.25, 0.3) is 5.91 Å². The van der Waals surface area contributed by atoms with Gasteiger partial charge < -0.3 is 16.4 Å². The predicted molar refractivity (Wildman–Crippen MR) is 100 cm³/mol. The number of nitrogens with one attached hydrogen (secondary N) is 2. The van der Waals surface area contributed by atoms with Gasteiger partial charge in [-0.2, -0.15) is 0 Å². The molecular formula is C20H25N3O2. The zero-order chi connectivity index (χ0) is 18.4. The molecular weight excluding hydrogens is 314 g/mol. The topological polar surface area (TPSA) is 84.2 Å². The highest BCUT2D eigenvalue weighted by molar-refractivity contribution is 5.96. The average molecular weight is 339 g/mol. The van der Waals surface area contributed by atoms with E-state index in [1.165, 1.54) is 0 Å². The molecule has 5 heteroatoms. The number of aryl methyl sites for hydroxylation is 1. The number of hydrogen-bond acceptors (Lipinski definition) is 3. The maximum absolute atomic E-state index is 12.2. The number of amides is 2. The largest absolute Gasteiger partial charge is 0.350 e. The van der Waals surface area contributed by atoms with E-state index in [-0.39, 0.29) is 30.3 Å². The molecule has 0 saturated carbocycles. The summed E-state index contributed by atoms with van der Waals surface area (Å²) < 4.78 is 0. The van der Waals surface area contributed by atoms with Crippen LogP contribution in [0, 0.1) is 6.92 Å². The molecule has 2 aromatic rings. The van der Waals surface area contributed by atoms with Crippen LogP contribution in [0.5, 0.6) is 0 Å². The van der Waals surface area contributed by atoms with Crippen LogP contribution in [-0.2, 0) is 4.79 Å².